The lowest BCUT2D eigenvalue weighted by Crippen LogP contribution is -2.13. The molecule has 0 spiro atoms. The summed E-state index contributed by atoms with van der Waals surface area (Å²) >= 11 is 0. The molecular formula is C16H19N5O3S. The molecule has 0 unspecified atom stereocenters. The van der Waals surface area contributed by atoms with Gasteiger partial charge in [-0.05, 0) is 5.56 Å². The van der Waals surface area contributed by atoms with E-state index in [0.29, 0.717) is 19.7 Å². The molecule has 1 aromatic carbocycles. The number of anilines is 1. The first kappa shape index (κ1) is 17.2. The second-order valence-corrected chi connectivity index (χ2v) is 7.10. The summed E-state index contributed by atoms with van der Waals surface area (Å²) in [5, 5.41) is 8.27. The number of nitrogens with one attached hydrogen (secondary N) is 1. The topological polar surface area (TPSA) is 91.0 Å². The second-order valence-electron chi connectivity index (χ2n) is 5.42. The SMILES string of the molecule is COCCn1ccc(NS(=O)(=O)c2cnn(Cc3ccccc3)c2)n1. The van der Waals surface area contributed by atoms with Crippen LogP contribution in [0.15, 0.2) is 59.9 Å². The van der Waals surface area contributed by atoms with Crippen LogP contribution < -0.4 is 4.72 Å². The number of ether oxygens (including phenoxy) is 1. The first-order valence-corrected chi connectivity index (χ1v) is 9.17. The van der Waals surface area contributed by atoms with Crippen LogP contribution in [0.2, 0.25) is 0 Å². The minimum Gasteiger partial charge on any atom is -0.383 e. The normalized spacial score (nSPS) is 11.6. The number of hydrogen-bond donors (Lipinski definition) is 1. The lowest BCUT2D eigenvalue weighted by molar-refractivity contribution is 0.183. The molecule has 1 N–H and O–H groups in total. The summed E-state index contributed by atoms with van der Waals surface area (Å²) in [6.07, 6.45) is 4.51. The van der Waals surface area contributed by atoms with Crippen LogP contribution >= 0.6 is 0 Å². The van der Waals surface area contributed by atoms with Gasteiger partial charge in [0.15, 0.2) is 5.82 Å². The van der Waals surface area contributed by atoms with Gasteiger partial charge < -0.3 is 4.74 Å². The molecule has 0 saturated heterocycles. The third-order valence-electron chi connectivity index (χ3n) is 3.51. The van der Waals surface area contributed by atoms with Gasteiger partial charge in [0.05, 0.1) is 25.9 Å². The van der Waals surface area contributed by atoms with Gasteiger partial charge in [-0.15, -0.1) is 0 Å². The van der Waals surface area contributed by atoms with E-state index >= 15 is 0 Å². The Morgan fingerprint density at radius 1 is 1.16 bits per heavy atom. The highest BCUT2D eigenvalue weighted by Crippen LogP contribution is 2.14. The summed E-state index contributed by atoms with van der Waals surface area (Å²) in [7, 11) is -2.13. The van der Waals surface area contributed by atoms with E-state index in [1.54, 1.807) is 28.7 Å². The zero-order chi connectivity index (χ0) is 17.7. The van der Waals surface area contributed by atoms with Crippen molar-refractivity contribution in [3.05, 3.63) is 60.6 Å². The van der Waals surface area contributed by atoms with Crippen molar-refractivity contribution in [2.24, 2.45) is 0 Å². The van der Waals surface area contributed by atoms with E-state index in [2.05, 4.69) is 14.9 Å². The Morgan fingerprint density at radius 3 is 2.72 bits per heavy atom. The highest BCUT2D eigenvalue weighted by Gasteiger charge is 2.18. The lowest BCUT2D eigenvalue weighted by Gasteiger charge is -2.03. The van der Waals surface area contributed by atoms with Gasteiger partial charge in [0, 0.05) is 25.6 Å². The molecule has 0 bridgehead atoms. The fourth-order valence-corrected chi connectivity index (χ4v) is 3.21. The molecule has 2 aromatic heterocycles. The van der Waals surface area contributed by atoms with E-state index in [1.165, 1.54) is 12.4 Å². The van der Waals surface area contributed by atoms with Crippen molar-refractivity contribution in [3.8, 4) is 0 Å². The van der Waals surface area contributed by atoms with Crippen molar-refractivity contribution in [1.29, 1.82) is 0 Å². The predicted octanol–water partition coefficient (Wildman–Crippen LogP) is 1.58. The van der Waals surface area contributed by atoms with E-state index in [-0.39, 0.29) is 10.7 Å². The van der Waals surface area contributed by atoms with Crippen molar-refractivity contribution >= 4 is 15.8 Å². The molecule has 0 aliphatic heterocycles. The molecule has 0 radical (unpaired) electrons. The Balaban J connectivity index is 1.69. The molecule has 0 aliphatic rings. The maximum atomic E-state index is 12.5. The van der Waals surface area contributed by atoms with Gasteiger partial charge in [0.25, 0.3) is 10.0 Å². The second kappa shape index (κ2) is 7.49. The van der Waals surface area contributed by atoms with Crippen LogP contribution in [0.4, 0.5) is 5.82 Å². The quantitative estimate of drug-likeness (QED) is 0.658. The zero-order valence-electron chi connectivity index (χ0n) is 13.7. The van der Waals surface area contributed by atoms with E-state index in [1.807, 2.05) is 30.3 Å². The smallest absolute Gasteiger partial charge is 0.266 e. The Labute approximate surface area is 146 Å². The number of benzene rings is 1. The van der Waals surface area contributed by atoms with E-state index in [4.69, 9.17) is 4.74 Å². The maximum Gasteiger partial charge on any atom is 0.266 e. The van der Waals surface area contributed by atoms with E-state index in [9.17, 15) is 8.42 Å². The number of methoxy groups -OCH3 is 1. The molecule has 3 aromatic rings. The fourth-order valence-electron chi connectivity index (χ4n) is 2.26. The van der Waals surface area contributed by atoms with Crippen LogP contribution in [0, 0.1) is 0 Å². The molecule has 0 aliphatic carbocycles. The van der Waals surface area contributed by atoms with Crippen molar-refractivity contribution in [2.75, 3.05) is 18.4 Å². The van der Waals surface area contributed by atoms with Gasteiger partial charge in [0.2, 0.25) is 0 Å². The molecule has 9 heteroatoms. The van der Waals surface area contributed by atoms with Crippen molar-refractivity contribution in [3.63, 3.8) is 0 Å². The van der Waals surface area contributed by atoms with Crippen LogP contribution in [-0.4, -0.2) is 41.7 Å². The standard InChI is InChI=1S/C16H19N5O3S/c1-24-10-9-20-8-7-16(18-20)19-25(22,23)15-11-17-21(13-15)12-14-5-3-2-4-6-14/h2-8,11,13H,9-10,12H2,1H3,(H,18,19). The number of hydrogen-bond acceptors (Lipinski definition) is 5. The Morgan fingerprint density at radius 2 is 1.96 bits per heavy atom. The summed E-state index contributed by atoms with van der Waals surface area (Å²) in [6, 6.07) is 11.3. The Bertz CT molecular complexity index is 918. The average molecular weight is 361 g/mol. The van der Waals surface area contributed by atoms with Crippen molar-refractivity contribution in [2.45, 2.75) is 18.0 Å². The summed E-state index contributed by atoms with van der Waals surface area (Å²) in [5.41, 5.74) is 1.04. The highest BCUT2D eigenvalue weighted by atomic mass is 32.2. The van der Waals surface area contributed by atoms with E-state index in [0.717, 1.165) is 5.56 Å². The monoisotopic (exact) mass is 361 g/mol. The molecule has 3 rings (SSSR count). The molecule has 0 amide bonds. The van der Waals surface area contributed by atoms with Gasteiger partial charge in [0.1, 0.15) is 4.90 Å². The molecule has 132 valence electrons. The summed E-state index contributed by atoms with van der Waals surface area (Å²) < 4.78 is 35.5. The summed E-state index contributed by atoms with van der Waals surface area (Å²) in [4.78, 5) is 0.0925. The van der Waals surface area contributed by atoms with Crippen LogP contribution in [-0.2, 0) is 27.8 Å². The Hall–Kier alpha value is -2.65. The molecule has 2 heterocycles. The first-order chi connectivity index (χ1) is 12.1. The van der Waals surface area contributed by atoms with Crippen molar-refractivity contribution < 1.29 is 13.2 Å². The van der Waals surface area contributed by atoms with Gasteiger partial charge in [-0.2, -0.15) is 10.2 Å². The third-order valence-corrected chi connectivity index (χ3v) is 4.82. The van der Waals surface area contributed by atoms with Gasteiger partial charge >= 0.3 is 0 Å². The van der Waals surface area contributed by atoms with Crippen LogP contribution in [0.5, 0.6) is 0 Å². The minimum atomic E-state index is -3.73. The predicted molar refractivity (Wildman–Crippen MR) is 92.7 cm³/mol. The first-order valence-electron chi connectivity index (χ1n) is 7.68. The molecule has 0 saturated carbocycles. The number of aromatic nitrogens is 4. The van der Waals surface area contributed by atoms with Crippen molar-refractivity contribution in [1.82, 2.24) is 19.6 Å². The zero-order valence-corrected chi connectivity index (χ0v) is 14.6. The highest BCUT2D eigenvalue weighted by molar-refractivity contribution is 7.92. The average Bonchev–Trinajstić information content (AvgIpc) is 3.23. The number of rotatable bonds is 8. The molecule has 25 heavy (non-hydrogen) atoms. The minimum absolute atomic E-state index is 0.0925. The van der Waals surface area contributed by atoms with Gasteiger partial charge in [-0.25, -0.2) is 8.42 Å². The Kier molecular flexibility index (Phi) is 5.15. The third kappa shape index (κ3) is 4.46. The number of nitrogens with zero attached hydrogens (tertiary/aromatic N) is 4. The molecule has 0 atom stereocenters. The fraction of sp³-hybridized carbons (Fsp3) is 0.250. The van der Waals surface area contributed by atoms with Crippen LogP contribution in [0.3, 0.4) is 0 Å². The molecule has 8 nitrogen and oxygen atoms in total. The number of sulfonamides is 1. The molecule has 0 fully saturated rings. The largest absolute Gasteiger partial charge is 0.383 e. The molecular weight excluding hydrogens is 342 g/mol. The summed E-state index contributed by atoms with van der Waals surface area (Å²) in [5.74, 6) is 0.256. The van der Waals surface area contributed by atoms with Gasteiger partial charge in [-0.1, -0.05) is 30.3 Å². The summed E-state index contributed by atoms with van der Waals surface area (Å²) in [6.45, 7) is 1.55. The van der Waals surface area contributed by atoms with Crippen LogP contribution in [0.25, 0.3) is 0 Å². The van der Waals surface area contributed by atoms with Gasteiger partial charge in [-0.3, -0.25) is 14.1 Å². The maximum absolute atomic E-state index is 12.5. The van der Waals surface area contributed by atoms with E-state index < -0.39 is 10.0 Å². The van der Waals surface area contributed by atoms with Crippen LogP contribution in [0.1, 0.15) is 5.56 Å². The lowest BCUT2D eigenvalue weighted by atomic mass is 10.2.